The molecule has 2 N–H and O–H groups in total. The molecule has 0 bridgehead atoms. The minimum atomic E-state index is -0.0406. The van der Waals surface area contributed by atoms with Gasteiger partial charge in [-0.2, -0.15) is 0 Å². The molecule has 1 amide bonds. The molecule has 0 radical (unpaired) electrons. The van der Waals surface area contributed by atoms with Gasteiger partial charge in [-0.1, -0.05) is 13.0 Å². The molecule has 2 aromatic heterocycles. The molecule has 3 aromatic rings. The average Bonchev–Trinajstić information content (AvgIpc) is 3.14. The number of carbonyl (C=O) groups excluding carboxylic acids is 1. The standard InChI is InChI=1S/C16H17N3OS/c1-2-15-18-13-6-5-11(10-14(13)19-15)16(20)17-8-7-12-4-3-9-21-12/h3-6,9-10H,2,7-8H2,1H3,(H,17,20)(H,18,19). The zero-order chi connectivity index (χ0) is 14.7. The fourth-order valence-electron chi connectivity index (χ4n) is 2.23. The van der Waals surface area contributed by atoms with Crippen LogP contribution in [0.3, 0.4) is 0 Å². The minimum Gasteiger partial charge on any atom is -0.352 e. The van der Waals surface area contributed by atoms with Gasteiger partial charge < -0.3 is 10.3 Å². The molecule has 0 aliphatic rings. The van der Waals surface area contributed by atoms with Crippen molar-refractivity contribution in [3.8, 4) is 0 Å². The molecule has 0 aliphatic carbocycles. The third kappa shape index (κ3) is 3.13. The molecule has 5 heteroatoms. The van der Waals surface area contributed by atoms with Crippen LogP contribution in [0.15, 0.2) is 35.7 Å². The number of benzene rings is 1. The van der Waals surface area contributed by atoms with Crippen LogP contribution in [0.4, 0.5) is 0 Å². The smallest absolute Gasteiger partial charge is 0.251 e. The lowest BCUT2D eigenvalue weighted by molar-refractivity contribution is 0.0954. The van der Waals surface area contributed by atoms with Gasteiger partial charge in [0.05, 0.1) is 11.0 Å². The van der Waals surface area contributed by atoms with E-state index in [0.717, 1.165) is 29.7 Å². The summed E-state index contributed by atoms with van der Waals surface area (Å²) in [5.74, 6) is 0.904. The first-order valence-corrected chi connectivity index (χ1v) is 7.93. The van der Waals surface area contributed by atoms with Gasteiger partial charge in [-0.3, -0.25) is 4.79 Å². The van der Waals surface area contributed by atoms with E-state index in [0.29, 0.717) is 12.1 Å². The van der Waals surface area contributed by atoms with Crippen molar-refractivity contribution >= 4 is 28.3 Å². The van der Waals surface area contributed by atoms with Crippen LogP contribution in [0.5, 0.6) is 0 Å². The van der Waals surface area contributed by atoms with Crippen LogP contribution in [0.2, 0.25) is 0 Å². The molecular weight excluding hydrogens is 282 g/mol. The van der Waals surface area contributed by atoms with Crippen LogP contribution in [0.25, 0.3) is 11.0 Å². The van der Waals surface area contributed by atoms with Gasteiger partial charge in [0.1, 0.15) is 5.82 Å². The second-order valence-corrected chi connectivity index (χ2v) is 5.89. The van der Waals surface area contributed by atoms with Crippen LogP contribution in [-0.4, -0.2) is 22.4 Å². The maximum absolute atomic E-state index is 12.2. The maximum Gasteiger partial charge on any atom is 0.251 e. The summed E-state index contributed by atoms with van der Waals surface area (Å²) < 4.78 is 0. The van der Waals surface area contributed by atoms with Crippen LogP contribution >= 0.6 is 11.3 Å². The lowest BCUT2D eigenvalue weighted by Crippen LogP contribution is -2.25. The third-order valence-electron chi connectivity index (χ3n) is 3.37. The number of aromatic amines is 1. The number of rotatable bonds is 5. The van der Waals surface area contributed by atoms with Crippen molar-refractivity contribution in [2.24, 2.45) is 0 Å². The molecular formula is C16H17N3OS. The fourth-order valence-corrected chi connectivity index (χ4v) is 2.94. The summed E-state index contributed by atoms with van der Waals surface area (Å²) in [5, 5.41) is 5.01. The van der Waals surface area contributed by atoms with Gasteiger partial charge in [0.2, 0.25) is 0 Å². The second kappa shape index (κ2) is 6.10. The molecule has 1 aromatic carbocycles. The van der Waals surface area contributed by atoms with E-state index in [1.165, 1.54) is 4.88 Å². The van der Waals surface area contributed by atoms with E-state index >= 15 is 0 Å². The first-order chi connectivity index (χ1) is 10.3. The quantitative estimate of drug-likeness (QED) is 0.760. The van der Waals surface area contributed by atoms with Crippen molar-refractivity contribution in [1.29, 1.82) is 0 Å². The Morgan fingerprint density at radius 1 is 1.38 bits per heavy atom. The number of amides is 1. The molecule has 2 heterocycles. The summed E-state index contributed by atoms with van der Waals surface area (Å²) >= 11 is 1.71. The van der Waals surface area contributed by atoms with Crippen molar-refractivity contribution in [1.82, 2.24) is 15.3 Å². The summed E-state index contributed by atoms with van der Waals surface area (Å²) in [6.45, 7) is 2.70. The molecule has 0 spiro atoms. The molecule has 108 valence electrons. The van der Waals surface area contributed by atoms with E-state index in [4.69, 9.17) is 0 Å². The highest BCUT2D eigenvalue weighted by Gasteiger charge is 2.08. The molecule has 0 aliphatic heterocycles. The number of fused-ring (bicyclic) bond motifs is 1. The highest BCUT2D eigenvalue weighted by Crippen LogP contribution is 2.14. The molecule has 3 rings (SSSR count). The Labute approximate surface area is 127 Å². The number of nitrogens with zero attached hydrogens (tertiary/aromatic N) is 1. The molecule has 0 fully saturated rings. The zero-order valence-corrected chi connectivity index (χ0v) is 12.7. The Kier molecular flexibility index (Phi) is 4.01. The summed E-state index contributed by atoms with van der Waals surface area (Å²) in [6, 6.07) is 9.68. The minimum absolute atomic E-state index is 0.0406. The van der Waals surface area contributed by atoms with Gasteiger partial charge in [-0.25, -0.2) is 4.98 Å². The highest BCUT2D eigenvalue weighted by atomic mass is 32.1. The van der Waals surface area contributed by atoms with Crippen LogP contribution < -0.4 is 5.32 Å². The summed E-state index contributed by atoms with van der Waals surface area (Å²) in [6.07, 6.45) is 1.73. The number of nitrogens with one attached hydrogen (secondary N) is 2. The van der Waals surface area contributed by atoms with Crippen molar-refractivity contribution in [2.45, 2.75) is 19.8 Å². The van der Waals surface area contributed by atoms with Gasteiger partial charge in [-0.05, 0) is 36.1 Å². The van der Waals surface area contributed by atoms with E-state index in [2.05, 4.69) is 33.7 Å². The van der Waals surface area contributed by atoms with E-state index in [-0.39, 0.29) is 5.91 Å². The van der Waals surface area contributed by atoms with Gasteiger partial charge in [-0.15, -0.1) is 11.3 Å². The Hall–Kier alpha value is -2.14. The topological polar surface area (TPSA) is 57.8 Å². The molecule has 0 saturated carbocycles. The zero-order valence-electron chi connectivity index (χ0n) is 11.8. The summed E-state index contributed by atoms with van der Waals surface area (Å²) in [4.78, 5) is 21.1. The molecule has 0 unspecified atom stereocenters. The lowest BCUT2D eigenvalue weighted by atomic mass is 10.2. The molecule has 4 nitrogen and oxygen atoms in total. The predicted molar refractivity (Wildman–Crippen MR) is 85.8 cm³/mol. The highest BCUT2D eigenvalue weighted by molar-refractivity contribution is 7.09. The normalized spacial score (nSPS) is 10.9. The number of thiophene rings is 1. The van der Waals surface area contributed by atoms with Crippen molar-refractivity contribution in [2.75, 3.05) is 6.54 Å². The van der Waals surface area contributed by atoms with Crippen molar-refractivity contribution < 1.29 is 4.79 Å². The number of hydrogen-bond acceptors (Lipinski definition) is 3. The number of aromatic nitrogens is 2. The number of hydrogen-bond donors (Lipinski definition) is 2. The second-order valence-electron chi connectivity index (χ2n) is 4.85. The van der Waals surface area contributed by atoms with Gasteiger partial charge in [0.15, 0.2) is 0 Å². The summed E-state index contributed by atoms with van der Waals surface area (Å²) in [7, 11) is 0. The first kappa shape index (κ1) is 13.8. The third-order valence-corrected chi connectivity index (χ3v) is 4.30. The van der Waals surface area contributed by atoms with E-state index in [1.807, 2.05) is 24.3 Å². The molecule has 0 saturated heterocycles. The largest absolute Gasteiger partial charge is 0.352 e. The predicted octanol–water partition coefficient (Wildman–Crippen LogP) is 3.16. The molecule has 21 heavy (non-hydrogen) atoms. The number of imidazole rings is 1. The number of carbonyl (C=O) groups is 1. The number of aryl methyl sites for hydroxylation is 1. The van der Waals surface area contributed by atoms with E-state index in [9.17, 15) is 4.79 Å². The van der Waals surface area contributed by atoms with Gasteiger partial charge >= 0.3 is 0 Å². The molecule has 0 atom stereocenters. The SMILES string of the molecule is CCc1nc2ccc(C(=O)NCCc3cccs3)cc2[nH]1. The van der Waals surface area contributed by atoms with E-state index < -0.39 is 0 Å². The van der Waals surface area contributed by atoms with Crippen LogP contribution in [-0.2, 0) is 12.8 Å². The van der Waals surface area contributed by atoms with Gasteiger partial charge in [0.25, 0.3) is 5.91 Å². The van der Waals surface area contributed by atoms with Crippen LogP contribution in [0, 0.1) is 0 Å². The Balaban J connectivity index is 1.66. The monoisotopic (exact) mass is 299 g/mol. The van der Waals surface area contributed by atoms with Crippen molar-refractivity contribution in [3.63, 3.8) is 0 Å². The van der Waals surface area contributed by atoms with Crippen molar-refractivity contribution in [3.05, 3.63) is 52.0 Å². The average molecular weight is 299 g/mol. The lowest BCUT2D eigenvalue weighted by Gasteiger charge is -2.04. The van der Waals surface area contributed by atoms with Crippen LogP contribution in [0.1, 0.15) is 28.0 Å². The first-order valence-electron chi connectivity index (χ1n) is 7.05. The Morgan fingerprint density at radius 3 is 3.05 bits per heavy atom. The fraction of sp³-hybridized carbons (Fsp3) is 0.250. The number of H-pyrrole nitrogens is 1. The Morgan fingerprint density at radius 2 is 2.29 bits per heavy atom. The van der Waals surface area contributed by atoms with E-state index in [1.54, 1.807) is 11.3 Å². The van der Waals surface area contributed by atoms with Gasteiger partial charge in [0, 0.05) is 23.4 Å². The maximum atomic E-state index is 12.2. The Bertz CT molecular complexity index is 746. The summed E-state index contributed by atoms with van der Waals surface area (Å²) in [5.41, 5.74) is 2.49.